The maximum atomic E-state index is 13.8. The van der Waals surface area contributed by atoms with Gasteiger partial charge in [0.2, 0.25) is 0 Å². The quantitative estimate of drug-likeness (QED) is 0.526. The van der Waals surface area contributed by atoms with Gasteiger partial charge in [-0.15, -0.1) is 5.10 Å². The zero-order valence-electron chi connectivity index (χ0n) is 15.4. The minimum atomic E-state index is -0.795. The largest absolute Gasteiger partial charge is 0.481 e. The number of hydrogen-bond acceptors (Lipinski definition) is 5. The molecule has 0 unspecified atom stereocenters. The molecule has 2 aromatic heterocycles. The van der Waals surface area contributed by atoms with E-state index in [1.165, 1.54) is 18.4 Å². The van der Waals surface area contributed by atoms with Gasteiger partial charge in [0.05, 0.1) is 24.4 Å². The van der Waals surface area contributed by atoms with E-state index in [1.807, 2.05) is 13.8 Å². The van der Waals surface area contributed by atoms with Crippen LogP contribution < -0.4 is 10.2 Å². The van der Waals surface area contributed by atoms with Crippen LogP contribution in [-0.4, -0.2) is 15.0 Å². The fourth-order valence-corrected chi connectivity index (χ4v) is 2.93. The topological polar surface area (TPSA) is 70.2 Å². The van der Waals surface area contributed by atoms with E-state index in [9.17, 15) is 9.18 Å². The Hall–Kier alpha value is -3.48. The van der Waals surface area contributed by atoms with Crippen LogP contribution in [0, 0.1) is 5.82 Å². The standard InChI is InChI=1S/C21H18FN3O3/c1-21(2,28-15-7-8-16-18(26)9-10-27-19(16)11-15)20-13-25(24-23-20)12-14-5-3-4-6-17(14)22/h3-11,13H,12H2,1-2H3. The van der Waals surface area contributed by atoms with Crippen LogP contribution in [0.15, 0.2) is 70.2 Å². The van der Waals surface area contributed by atoms with Crippen LogP contribution in [0.4, 0.5) is 4.39 Å². The smallest absolute Gasteiger partial charge is 0.192 e. The van der Waals surface area contributed by atoms with Gasteiger partial charge in [0, 0.05) is 17.7 Å². The van der Waals surface area contributed by atoms with Gasteiger partial charge in [0.1, 0.15) is 28.4 Å². The molecule has 0 aliphatic rings. The van der Waals surface area contributed by atoms with Gasteiger partial charge in [-0.05, 0) is 32.0 Å². The van der Waals surface area contributed by atoms with Crippen molar-refractivity contribution in [3.63, 3.8) is 0 Å². The van der Waals surface area contributed by atoms with Gasteiger partial charge in [-0.3, -0.25) is 4.79 Å². The van der Waals surface area contributed by atoms with Crippen molar-refractivity contribution in [1.82, 2.24) is 15.0 Å². The number of halogens is 1. The summed E-state index contributed by atoms with van der Waals surface area (Å²) >= 11 is 0. The number of aromatic nitrogens is 3. The molecule has 0 fully saturated rings. The highest BCUT2D eigenvalue weighted by atomic mass is 19.1. The number of benzene rings is 2. The summed E-state index contributed by atoms with van der Waals surface area (Å²) in [7, 11) is 0. The molecule has 0 bridgehead atoms. The molecule has 4 aromatic rings. The number of nitrogens with zero attached hydrogens (tertiary/aromatic N) is 3. The SMILES string of the molecule is CC(C)(Oc1ccc2c(=O)ccoc2c1)c1cn(Cc2ccccc2F)nn1. The van der Waals surface area contributed by atoms with Crippen LogP contribution in [0.5, 0.6) is 5.75 Å². The van der Waals surface area contributed by atoms with Crippen molar-refractivity contribution >= 4 is 11.0 Å². The van der Waals surface area contributed by atoms with Gasteiger partial charge in [0.25, 0.3) is 0 Å². The first-order chi connectivity index (χ1) is 13.4. The molecule has 2 aromatic carbocycles. The molecule has 0 amide bonds. The van der Waals surface area contributed by atoms with Gasteiger partial charge in [-0.2, -0.15) is 0 Å². The maximum Gasteiger partial charge on any atom is 0.192 e. The molecule has 0 saturated carbocycles. The highest BCUT2D eigenvalue weighted by Crippen LogP contribution is 2.28. The van der Waals surface area contributed by atoms with Gasteiger partial charge in [-0.25, -0.2) is 9.07 Å². The minimum absolute atomic E-state index is 0.108. The summed E-state index contributed by atoms with van der Waals surface area (Å²) in [5.41, 5.74) is 0.670. The van der Waals surface area contributed by atoms with Crippen LogP contribution in [-0.2, 0) is 12.1 Å². The summed E-state index contributed by atoms with van der Waals surface area (Å²) in [6, 6.07) is 13.0. The lowest BCUT2D eigenvalue weighted by atomic mass is 10.1. The maximum absolute atomic E-state index is 13.8. The van der Waals surface area contributed by atoms with Crippen molar-refractivity contribution in [3.05, 3.63) is 88.3 Å². The Kier molecular flexibility index (Phi) is 4.43. The molecule has 0 radical (unpaired) electrons. The summed E-state index contributed by atoms with van der Waals surface area (Å²) in [4.78, 5) is 11.8. The molecular weight excluding hydrogens is 361 g/mol. The summed E-state index contributed by atoms with van der Waals surface area (Å²) in [5.74, 6) is 0.253. The normalized spacial score (nSPS) is 11.7. The highest BCUT2D eigenvalue weighted by Gasteiger charge is 2.27. The first-order valence-corrected chi connectivity index (χ1v) is 8.77. The zero-order valence-corrected chi connectivity index (χ0v) is 15.4. The Labute approximate surface area is 160 Å². The summed E-state index contributed by atoms with van der Waals surface area (Å²) in [6.07, 6.45) is 3.08. The molecule has 6 nitrogen and oxygen atoms in total. The highest BCUT2D eigenvalue weighted by molar-refractivity contribution is 5.77. The van der Waals surface area contributed by atoms with Crippen molar-refractivity contribution in [2.24, 2.45) is 0 Å². The predicted molar refractivity (Wildman–Crippen MR) is 102 cm³/mol. The molecule has 0 aliphatic carbocycles. The monoisotopic (exact) mass is 379 g/mol. The molecule has 0 spiro atoms. The zero-order chi connectivity index (χ0) is 19.7. The van der Waals surface area contributed by atoms with Crippen molar-refractivity contribution in [2.45, 2.75) is 26.0 Å². The third-order valence-electron chi connectivity index (χ3n) is 4.45. The Balaban J connectivity index is 1.56. The second-order valence-corrected chi connectivity index (χ2v) is 6.95. The fourth-order valence-electron chi connectivity index (χ4n) is 2.93. The number of ether oxygens (including phenoxy) is 1. The Morgan fingerprint density at radius 2 is 2.00 bits per heavy atom. The Bertz CT molecular complexity index is 1200. The molecule has 0 N–H and O–H groups in total. The van der Waals surface area contributed by atoms with E-state index in [0.717, 1.165) is 0 Å². The second-order valence-electron chi connectivity index (χ2n) is 6.95. The summed E-state index contributed by atoms with van der Waals surface area (Å²) < 4.78 is 26.9. The number of hydrogen-bond donors (Lipinski definition) is 0. The van der Waals surface area contributed by atoms with E-state index in [-0.39, 0.29) is 17.8 Å². The van der Waals surface area contributed by atoms with E-state index in [2.05, 4.69) is 10.3 Å². The third-order valence-corrected chi connectivity index (χ3v) is 4.45. The van der Waals surface area contributed by atoms with Crippen LogP contribution in [0.25, 0.3) is 11.0 Å². The molecular formula is C21H18FN3O3. The first-order valence-electron chi connectivity index (χ1n) is 8.77. The van der Waals surface area contributed by atoms with E-state index < -0.39 is 5.60 Å². The average molecular weight is 379 g/mol. The van der Waals surface area contributed by atoms with Crippen molar-refractivity contribution in [3.8, 4) is 5.75 Å². The number of fused-ring (bicyclic) bond motifs is 1. The van der Waals surface area contributed by atoms with Gasteiger partial charge in [-0.1, -0.05) is 23.4 Å². The predicted octanol–water partition coefficient (Wildman–Crippen LogP) is 3.89. The lowest BCUT2D eigenvalue weighted by Gasteiger charge is -2.24. The lowest BCUT2D eigenvalue weighted by Crippen LogP contribution is -2.26. The van der Waals surface area contributed by atoms with Crippen LogP contribution in [0.3, 0.4) is 0 Å². The third kappa shape index (κ3) is 3.51. The van der Waals surface area contributed by atoms with Crippen LogP contribution in [0.1, 0.15) is 25.1 Å². The van der Waals surface area contributed by atoms with Gasteiger partial charge < -0.3 is 9.15 Å². The lowest BCUT2D eigenvalue weighted by molar-refractivity contribution is 0.104. The van der Waals surface area contributed by atoms with Gasteiger partial charge in [0.15, 0.2) is 5.43 Å². The molecule has 7 heteroatoms. The summed E-state index contributed by atoms with van der Waals surface area (Å²) in [5, 5.41) is 8.75. The molecule has 0 atom stereocenters. The fraction of sp³-hybridized carbons (Fsp3) is 0.190. The van der Waals surface area contributed by atoms with Crippen molar-refractivity contribution in [2.75, 3.05) is 0 Å². The van der Waals surface area contributed by atoms with Crippen LogP contribution >= 0.6 is 0 Å². The molecule has 0 saturated heterocycles. The van der Waals surface area contributed by atoms with E-state index >= 15 is 0 Å². The molecule has 0 aliphatic heterocycles. The summed E-state index contributed by atoms with van der Waals surface area (Å²) in [6.45, 7) is 3.99. The molecule has 28 heavy (non-hydrogen) atoms. The van der Waals surface area contributed by atoms with Crippen molar-refractivity contribution in [1.29, 1.82) is 0 Å². The number of rotatable bonds is 5. The van der Waals surface area contributed by atoms with E-state index in [4.69, 9.17) is 9.15 Å². The van der Waals surface area contributed by atoms with Gasteiger partial charge >= 0.3 is 0 Å². The van der Waals surface area contributed by atoms with Crippen molar-refractivity contribution < 1.29 is 13.5 Å². The second kappa shape index (κ2) is 6.92. The first kappa shape index (κ1) is 17.9. The Morgan fingerprint density at radius 1 is 1.18 bits per heavy atom. The van der Waals surface area contributed by atoms with E-state index in [1.54, 1.807) is 47.3 Å². The van der Waals surface area contributed by atoms with E-state index in [0.29, 0.717) is 28.0 Å². The average Bonchev–Trinajstić information content (AvgIpc) is 3.13. The minimum Gasteiger partial charge on any atom is -0.481 e. The molecule has 4 rings (SSSR count). The van der Waals surface area contributed by atoms with Crippen LogP contribution in [0.2, 0.25) is 0 Å². The molecule has 2 heterocycles. The molecule has 142 valence electrons. The Morgan fingerprint density at radius 3 is 2.82 bits per heavy atom.